The van der Waals surface area contributed by atoms with Crippen molar-refractivity contribution in [1.82, 2.24) is 9.80 Å². The largest absolute Gasteiger partial charge is 0.466 e. The van der Waals surface area contributed by atoms with Gasteiger partial charge in [0.2, 0.25) is 0 Å². The van der Waals surface area contributed by atoms with E-state index < -0.39 is 0 Å². The summed E-state index contributed by atoms with van der Waals surface area (Å²) in [6.45, 7) is 19.6. The van der Waals surface area contributed by atoms with Gasteiger partial charge in [-0.1, -0.05) is 119 Å². The van der Waals surface area contributed by atoms with E-state index in [0.29, 0.717) is 37.9 Å². The second-order valence-electron chi connectivity index (χ2n) is 16.3. The quantitative estimate of drug-likeness (QED) is 0.0490. The van der Waals surface area contributed by atoms with Crippen LogP contribution in [0.4, 0.5) is 0 Å². The highest BCUT2D eigenvalue weighted by molar-refractivity contribution is 5.69. The van der Waals surface area contributed by atoms with Crippen molar-refractivity contribution in [3.05, 3.63) is 0 Å². The number of unbranched alkanes of at least 4 members (excludes halogenated alkanes) is 9. The number of esters is 2. The molecule has 0 saturated carbocycles. The SMILES string of the molecule is CC(C)CCCC(C)CCOC(=O)CCCCCCCN(CCCCCCCC(=O)OCCC(C)CCCC(C)C)CCCCN(C)C. The lowest BCUT2D eigenvalue weighted by Crippen LogP contribution is -2.28. The van der Waals surface area contributed by atoms with E-state index in [1.165, 1.54) is 110 Å². The van der Waals surface area contributed by atoms with Gasteiger partial charge in [0, 0.05) is 12.8 Å². The summed E-state index contributed by atoms with van der Waals surface area (Å²) in [6, 6.07) is 0. The molecule has 2 unspecified atom stereocenters. The number of nitrogens with zero attached hydrogens (tertiary/aromatic N) is 2. The molecule has 0 aliphatic rings. The normalized spacial score (nSPS) is 13.2. The van der Waals surface area contributed by atoms with Gasteiger partial charge in [0.05, 0.1) is 13.2 Å². The molecule has 0 saturated heterocycles. The van der Waals surface area contributed by atoms with E-state index in [2.05, 4.69) is 65.4 Å². The lowest BCUT2D eigenvalue weighted by Gasteiger charge is -2.23. The lowest BCUT2D eigenvalue weighted by atomic mass is 9.98. The van der Waals surface area contributed by atoms with Crippen molar-refractivity contribution in [2.45, 2.75) is 183 Å². The van der Waals surface area contributed by atoms with Gasteiger partial charge in [-0.15, -0.1) is 0 Å². The van der Waals surface area contributed by atoms with Crippen LogP contribution in [-0.4, -0.2) is 75.2 Å². The Labute approximate surface area is 300 Å². The minimum absolute atomic E-state index is 0.0128. The third-order valence-corrected chi connectivity index (χ3v) is 9.74. The molecule has 0 aliphatic carbocycles. The lowest BCUT2D eigenvalue weighted by molar-refractivity contribution is -0.145. The average molecular weight is 681 g/mol. The van der Waals surface area contributed by atoms with Gasteiger partial charge in [-0.2, -0.15) is 0 Å². The zero-order valence-electron chi connectivity index (χ0n) is 33.6. The third kappa shape index (κ3) is 34.7. The number of carbonyl (C=O) groups is 2. The monoisotopic (exact) mass is 681 g/mol. The highest BCUT2D eigenvalue weighted by Gasteiger charge is 2.10. The zero-order chi connectivity index (χ0) is 35.8. The summed E-state index contributed by atoms with van der Waals surface area (Å²) in [5.74, 6) is 2.80. The minimum atomic E-state index is -0.0128. The highest BCUT2D eigenvalue weighted by Crippen LogP contribution is 2.17. The molecule has 0 heterocycles. The van der Waals surface area contributed by atoms with E-state index in [4.69, 9.17) is 9.47 Å². The number of hydrogen-bond acceptors (Lipinski definition) is 6. The number of carbonyl (C=O) groups excluding carboxylic acids is 2. The standard InChI is InChI=1S/C42H84N2O4/c1-37(2)23-21-25-39(5)29-35-47-41(45)27-15-11-9-13-17-32-44(34-20-19-31-43(7)8)33-18-14-10-12-16-28-42(46)48-36-30-40(6)26-22-24-38(3)4/h37-40H,9-36H2,1-8H3. The summed E-state index contributed by atoms with van der Waals surface area (Å²) >= 11 is 0. The maximum Gasteiger partial charge on any atom is 0.305 e. The van der Waals surface area contributed by atoms with Crippen molar-refractivity contribution in [1.29, 1.82) is 0 Å². The number of ether oxygens (including phenoxy) is 2. The maximum atomic E-state index is 12.1. The molecule has 0 fully saturated rings. The molecule has 0 spiro atoms. The van der Waals surface area contributed by atoms with Crippen LogP contribution in [0.1, 0.15) is 183 Å². The zero-order valence-corrected chi connectivity index (χ0v) is 33.6. The molecule has 0 rings (SSSR count). The first-order valence-electron chi connectivity index (χ1n) is 20.7. The van der Waals surface area contributed by atoms with Gasteiger partial charge >= 0.3 is 11.9 Å². The van der Waals surface area contributed by atoms with E-state index in [9.17, 15) is 9.59 Å². The number of rotatable bonds is 35. The van der Waals surface area contributed by atoms with Crippen molar-refractivity contribution in [2.24, 2.45) is 23.7 Å². The van der Waals surface area contributed by atoms with Crippen LogP contribution in [0.2, 0.25) is 0 Å². The van der Waals surface area contributed by atoms with E-state index in [0.717, 1.165) is 56.9 Å². The van der Waals surface area contributed by atoms with Gasteiger partial charge in [0.15, 0.2) is 0 Å². The van der Waals surface area contributed by atoms with Crippen LogP contribution < -0.4 is 0 Å². The molecule has 2 atom stereocenters. The van der Waals surface area contributed by atoms with Gasteiger partial charge in [-0.3, -0.25) is 9.59 Å². The van der Waals surface area contributed by atoms with Crippen LogP contribution in [0, 0.1) is 23.7 Å². The van der Waals surface area contributed by atoms with Crippen molar-refractivity contribution in [3.63, 3.8) is 0 Å². The van der Waals surface area contributed by atoms with Crippen LogP contribution in [0.5, 0.6) is 0 Å². The van der Waals surface area contributed by atoms with Gasteiger partial charge in [0.1, 0.15) is 0 Å². The Morgan fingerprint density at radius 2 is 0.792 bits per heavy atom. The van der Waals surface area contributed by atoms with Gasteiger partial charge in [0.25, 0.3) is 0 Å². The molecular formula is C42H84N2O4. The summed E-state index contributed by atoms with van der Waals surface area (Å²) in [4.78, 5) is 29.2. The van der Waals surface area contributed by atoms with E-state index >= 15 is 0 Å². The van der Waals surface area contributed by atoms with Gasteiger partial charge < -0.3 is 19.3 Å². The minimum Gasteiger partial charge on any atom is -0.466 e. The van der Waals surface area contributed by atoms with Crippen molar-refractivity contribution in [2.75, 3.05) is 53.5 Å². The van der Waals surface area contributed by atoms with Gasteiger partial charge in [-0.05, 0) is 115 Å². The molecule has 0 aromatic carbocycles. The van der Waals surface area contributed by atoms with Crippen LogP contribution in [0.3, 0.4) is 0 Å². The van der Waals surface area contributed by atoms with E-state index in [1.54, 1.807) is 0 Å². The van der Waals surface area contributed by atoms with Crippen LogP contribution in [-0.2, 0) is 19.1 Å². The molecule has 0 aromatic rings. The Morgan fingerprint density at radius 3 is 1.19 bits per heavy atom. The molecule has 0 amide bonds. The summed E-state index contributed by atoms with van der Waals surface area (Å²) in [6.07, 6.45) is 24.8. The summed E-state index contributed by atoms with van der Waals surface area (Å²) in [5, 5.41) is 0. The van der Waals surface area contributed by atoms with Crippen molar-refractivity contribution >= 4 is 11.9 Å². The van der Waals surface area contributed by atoms with E-state index in [-0.39, 0.29) is 11.9 Å². The fraction of sp³-hybridized carbons (Fsp3) is 0.952. The third-order valence-electron chi connectivity index (χ3n) is 9.74. The molecule has 0 aliphatic heterocycles. The molecule has 0 aromatic heterocycles. The molecule has 48 heavy (non-hydrogen) atoms. The Kier molecular flexibility index (Phi) is 32.2. The summed E-state index contributed by atoms with van der Waals surface area (Å²) in [5.41, 5.74) is 0. The Bertz CT molecular complexity index is 674. The Hall–Kier alpha value is -1.14. The van der Waals surface area contributed by atoms with Crippen LogP contribution >= 0.6 is 0 Å². The predicted octanol–water partition coefficient (Wildman–Crippen LogP) is 11.1. The topological polar surface area (TPSA) is 59.1 Å². The summed E-state index contributed by atoms with van der Waals surface area (Å²) in [7, 11) is 4.31. The molecule has 0 radical (unpaired) electrons. The van der Waals surface area contributed by atoms with E-state index in [1.807, 2.05) is 0 Å². The second kappa shape index (κ2) is 33.0. The predicted molar refractivity (Wildman–Crippen MR) is 206 cm³/mol. The fourth-order valence-corrected chi connectivity index (χ4v) is 6.30. The first kappa shape index (κ1) is 46.9. The number of hydrogen-bond donors (Lipinski definition) is 0. The van der Waals surface area contributed by atoms with Crippen LogP contribution in [0.25, 0.3) is 0 Å². The van der Waals surface area contributed by atoms with Crippen molar-refractivity contribution < 1.29 is 19.1 Å². The molecule has 0 N–H and O–H groups in total. The first-order valence-corrected chi connectivity index (χ1v) is 20.7. The van der Waals surface area contributed by atoms with Gasteiger partial charge in [-0.25, -0.2) is 0 Å². The van der Waals surface area contributed by atoms with Crippen LogP contribution in [0.15, 0.2) is 0 Å². The van der Waals surface area contributed by atoms with Crippen molar-refractivity contribution in [3.8, 4) is 0 Å². The molecule has 6 heteroatoms. The molecule has 286 valence electrons. The molecular weight excluding hydrogens is 596 g/mol. The molecule has 0 bridgehead atoms. The highest BCUT2D eigenvalue weighted by atomic mass is 16.5. The average Bonchev–Trinajstić information content (AvgIpc) is 3.01. The fourth-order valence-electron chi connectivity index (χ4n) is 6.30. The summed E-state index contributed by atoms with van der Waals surface area (Å²) < 4.78 is 11.0. The maximum absolute atomic E-state index is 12.1. The molecule has 6 nitrogen and oxygen atoms in total. The Balaban J connectivity index is 3.98. The first-order chi connectivity index (χ1) is 23.0. The smallest absolute Gasteiger partial charge is 0.305 e. The second-order valence-corrected chi connectivity index (χ2v) is 16.3. The Morgan fingerprint density at radius 1 is 0.438 bits per heavy atom.